The van der Waals surface area contributed by atoms with Gasteiger partial charge in [-0.1, -0.05) is 19.9 Å². The van der Waals surface area contributed by atoms with Crippen LogP contribution in [-0.2, 0) is 0 Å². The predicted molar refractivity (Wildman–Crippen MR) is 97.3 cm³/mol. The molecular weight excluding hydrogens is 346 g/mol. The lowest BCUT2D eigenvalue weighted by Gasteiger charge is -2.26. The van der Waals surface area contributed by atoms with Crippen LogP contribution in [0.25, 0.3) is 5.69 Å². The zero-order valence-corrected chi connectivity index (χ0v) is 15.0. The van der Waals surface area contributed by atoms with Gasteiger partial charge in [0.15, 0.2) is 5.69 Å². The van der Waals surface area contributed by atoms with E-state index in [9.17, 15) is 14.9 Å². The van der Waals surface area contributed by atoms with Crippen molar-refractivity contribution in [2.24, 2.45) is 5.73 Å². The fourth-order valence-electron chi connectivity index (χ4n) is 2.18. The second-order valence-electron chi connectivity index (χ2n) is 5.67. The molecule has 0 aliphatic heterocycles. The first-order chi connectivity index (χ1) is 11.4. The number of nitrogens with one attached hydrogen (secondary N) is 1. The number of carbonyl (C=O) groups is 1. The molecule has 0 aliphatic rings. The number of nitrogens with two attached hydrogens (primary N) is 1. The van der Waals surface area contributed by atoms with Crippen molar-refractivity contribution in [3.63, 3.8) is 0 Å². The van der Waals surface area contributed by atoms with E-state index in [2.05, 4.69) is 10.4 Å². The van der Waals surface area contributed by atoms with Crippen LogP contribution in [0.4, 0.5) is 5.69 Å². The Morgan fingerprint density at radius 1 is 1.36 bits per heavy atom. The maximum atomic E-state index is 12.2. The van der Waals surface area contributed by atoms with Gasteiger partial charge < -0.3 is 11.1 Å². The molecule has 0 radical (unpaired) electrons. The van der Waals surface area contributed by atoms with Crippen LogP contribution in [-0.4, -0.2) is 32.7 Å². The Bertz CT molecular complexity index is 743. The molecule has 0 atom stereocenters. The van der Waals surface area contributed by atoms with Crippen molar-refractivity contribution in [1.82, 2.24) is 15.1 Å². The summed E-state index contributed by atoms with van der Waals surface area (Å²) in [4.78, 5) is 22.6. The van der Waals surface area contributed by atoms with E-state index in [4.69, 9.17) is 5.73 Å². The number of nitro groups is 1. The average molecular weight is 368 g/mol. The Balaban J connectivity index is 0.00000312. The number of nitro benzene ring substituents is 1. The molecule has 0 fully saturated rings. The second-order valence-corrected chi connectivity index (χ2v) is 5.67. The van der Waals surface area contributed by atoms with E-state index in [1.54, 1.807) is 24.4 Å². The largest absolute Gasteiger partial charge is 0.349 e. The van der Waals surface area contributed by atoms with E-state index in [0.29, 0.717) is 12.2 Å². The highest BCUT2D eigenvalue weighted by molar-refractivity contribution is 5.92. The van der Waals surface area contributed by atoms with Gasteiger partial charge in [0.1, 0.15) is 0 Å². The summed E-state index contributed by atoms with van der Waals surface area (Å²) >= 11 is 0. The van der Waals surface area contributed by atoms with Crippen LogP contribution in [0.5, 0.6) is 0 Å². The number of halogens is 1. The van der Waals surface area contributed by atoms with Crippen LogP contribution in [0, 0.1) is 10.1 Å². The molecule has 136 valence electrons. The molecule has 2 aromatic rings. The van der Waals surface area contributed by atoms with Gasteiger partial charge in [0, 0.05) is 30.4 Å². The van der Waals surface area contributed by atoms with Gasteiger partial charge in [0.05, 0.1) is 10.6 Å². The molecule has 0 bridgehead atoms. The summed E-state index contributed by atoms with van der Waals surface area (Å²) in [6.45, 7) is 4.32. The van der Waals surface area contributed by atoms with Crippen LogP contribution < -0.4 is 11.1 Å². The number of rotatable bonds is 7. The summed E-state index contributed by atoms with van der Waals surface area (Å²) in [7, 11) is 0. The first kappa shape index (κ1) is 20.6. The minimum Gasteiger partial charge on any atom is -0.349 e. The minimum atomic E-state index is -0.475. The maximum Gasteiger partial charge on any atom is 0.271 e. The van der Waals surface area contributed by atoms with Gasteiger partial charge in [-0.2, -0.15) is 5.10 Å². The van der Waals surface area contributed by atoms with Gasteiger partial charge in [-0.3, -0.25) is 14.9 Å². The van der Waals surface area contributed by atoms with Gasteiger partial charge in [0.25, 0.3) is 11.6 Å². The van der Waals surface area contributed by atoms with E-state index < -0.39 is 10.5 Å². The Morgan fingerprint density at radius 3 is 2.64 bits per heavy atom. The molecule has 0 saturated heterocycles. The van der Waals surface area contributed by atoms with Crippen molar-refractivity contribution in [3.05, 3.63) is 52.3 Å². The smallest absolute Gasteiger partial charge is 0.271 e. The minimum absolute atomic E-state index is 0. The highest BCUT2D eigenvalue weighted by atomic mass is 35.5. The highest BCUT2D eigenvalue weighted by Gasteiger charge is 2.22. The fraction of sp³-hybridized carbons (Fsp3) is 0.375. The molecule has 25 heavy (non-hydrogen) atoms. The number of carbonyl (C=O) groups excluding carboxylic acids is 1. The van der Waals surface area contributed by atoms with E-state index in [-0.39, 0.29) is 29.7 Å². The Labute approximate surface area is 152 Å². The maximum absolute atomic E-state index is 12.2. The summed E-state index contributed by atoms with van der Waals surface area (Å²) in [5.74, 6) is -0.323. The number of hydrogen-bond donors (Lipinski definition) is 2. The molecule has 0 saturated carbocycles. The lowest BCUT2D eigenvalue weighted by atomic mass is 9.94. The Morgan fingerprint density at radius 2 is 2.04 bits per heavy atom. The molecule has 9 heteroatoms. The lowest BCUT2D eigenvalue weighted by molar-refractivity contribution is -0.384. The molecule has 0 unspecified atom stereocenters. The monoisotopic (exact) mass is 367 g/mol. The molecule has 0 aliphatic carbocycles. The van der Waals surface area contributed by atoms with Crippen molar-refractivity contribution in [3.8, 4) is 5.69 Å². The standard InChI is InChI=1S/C16H21N5O3.ClH/c1-3-16(17,4-2)11-18-15(22)14-8-9-20(19-14)12-6-5-7-13(10-12)21(23)24;/h5-10H,3-4,11,17H2,1-2H3,(H,18,22);1H. The van der Waals surface area contributed by atoms with Crippen molar-refractivity contribution < 1.29 is 9.72 Å². The molecule has 1 aromatic carbocycles. The first-order valence-electron chi connectivity index (χ1n) is 7.76. The summed E-state index contributed by atoms with van der Waals surface area (Å²) < 4.78 is 1.43. The summed E-state index contributed by atoms with van der Waals surface area (Å²) in [5, 5.41) is 17.8. The van der Waals surface area contributed by atoms with Crippen LogP contribution in [0.2, 0.25) is 0 Å². The van der Waals surface area contributed by atoms with Gasteiger partial charge >= 0.3 is 0 Å². The molecule has 3 N–H and O–H groups in total. The third kappa shape index (κ3) is 5.01. The zero-order chi connectivity index (χ0) is 17.7. The number of hydrogen-bond acceptors (Lipinski definition) is 5. The molecule has 1 aromatic heterocycles. The van der Waals surface area contributed by atoms with E-state index >= 15 is 0 Å². The summed E-state index contributed by atoms with van der Waals surface area (Å²) in [6.07, 6.45) is 3.10. The van der Waals surface area contributed by atoms with Crippen LogP contribution in [0.1, 0.15) is 37.2 Å². The summed E-state index contributed by atoms with van der Waals surface area (Å²) in [6, 6.07) is 7.61. The topological polar surface area (TPSA) is 116 Å². The highest BCUT2D eigenvalue weighted by Crippen LogP contribution is 2.16. The third-order valence-electron chi connectivity index (χ3n) is 4.14. The average Bonchev–Trinajstić information content (AvgIpc) is 3.09. The molecule has 1 amide bonds. The van der Waals surface area contributed by atoms with Gasteiger partial charge in [-0.25, -0.2) is 4.68 Å². The van der Waals surface area contributed by atoms with Gasteiger partial charge in [-0.15, -0.1) is 12.4 Å². The Kier molecular flexibility index (Phi) is 7.08. The molecule has 1 heterocycles. The second kappa shape index (κ2) is 8.59. The van der Waals surface area contributed by atoms with Crippen LogP contribution in [0.15, 0.2) is 36.5 Å². The molecule has 2 rings (SSSR count). The van der Waals surface area contributed by atoms with E-state index in [1.807, 2.05) is 13.8 Å². The molecule has 0 spiro atoms. The predicted octanol–water partition coefficient (Wildman–Crippen LogP) is 2.45. The first-order valence-corrected chi connectivity index (χ1v) is 7.76. The Hall–Kier alpha value is -2.45. The molecule has 8 nitrogen and oxygen atoms in total. The summed E-state index contributed by atoms with van der Waals surface area (Å²) in [5.41, 5.74) is 6.44. The quantitative estimate of drug-likeness (QED) is 0.576. The van der Waals surface area contributed by atoms with Crippen molar-refractivity contribution >= 4 is 24.0 Å². The molecular formula is C16H22ClN5O3. The normalized spacial score (nSPS) is 10.8. The van der Waals surface area contributed by atoms with Crippen molar-refractivity contribution in [1.29, 1.82) is 0 Å². The SMILES string of the molecule is CCC(N)(CC)CNC(=O)c1ccn(-c2cccc([N+](=O)[O-])c2)n1.Cl. The van der Waals surface area contributed by atoms with Crippen molar-refractivity contribution in [2.45, 2.75) is 32.2 Å². The third-order valence-corrected chi connectivity index (χ3v) is 4.14. The van der Waals surface area contributed by atoms with Crippen molar-refractivity contribution in [2.75, 3.05) is 6.54 Å². The fourth-order valence-corrected chi connectivity index (χ4v) is 2.18. The van der Waals surface area contributed by atoms with E-state index in [0.717, 1.165) is 12.8 Å². The lowest BCUT2D eigenvalue weighted by Crippen LogP contribution is -2.49. The van der Waals surface area contributed by atoms with Crippen LogP contribution >= 0.6 is 12.4 Å². The van der Waals surface area contributed by atoms with E-state index in [1.165, 1.54) is 16.8 Å². The number of aromatic nitrogens is 2. The van der Waals surface area contributed by atoms with Crippen LogP contribution in [0.3, 0.4) is 0 Å². The number of non-ortho nitro benzene ring substituents is 1. The van der Waals surface area contributed by atoms with Gasteiger partial charge in [0.2, 0.25) is 0 Å². The number of nitrogens with zero attached hydrogens (tertiary/aromatic N) is 3. The number of amides is 1. The van der Waals surface area contributed by atoms with Gasteiger partial charge in [-0.05, 0) is 25.0 Å². The number of benzene rings is 1. The zero-order valence-electron chi connectivity index (χ0n) is 14.1.